The van der Waals surface area contributed by atoms with Crippen molar-refractivity contribution in [1.29, 1.82) is 0 Å². The van der Waals surface area contributed by atoms with Gasteiger partial charge in [-0.25, -0.2) is 0 Å². The van der Waals surface area contributed by atoms with Crippen LogP contribution in [-0.2, 0) is 4.79 Å². The number of ether oxygens (including phenoxy) is 1. The van der Waals surface area contributed by atoms with Crippen LogP contribution in [0.5, 0.6) is 5.75 Å². The van der Waals surface area contributed by atoms with Gasteiger partial charge in [-0.3, -0.25) is 4.79 Å². The zero-order valence-electron chi connectivity index (χ0n) is 11.4. The van der Waals surface area contributed by atoms with Crippen molar-refractivity contribution >= 4 is 16.9 Å². The Morgan fingerprint density at radius 2 is 2.16 bits per heavy atom. The molecule has 19 heavy (non-hydrogen) atoms. The molecule has 0 aliphatic carbocycles. The molecule has 4 nitrogen and oxygen atoms in total. The summed E-state index contributed by atoms with van der Waals surface area (Å²) in [5, 5.41) is 10.1. The lowest BCUT2D eigenvalue weighted by Gasteiger charge is -2.19. The molecule has 1 atom stereocenters. The first-order chi connectivity index (χ1) is 9.04. The van der Waals surface area contributed by atoms with E-state index in [1.165, 1.54) is 0 Å². The molecule has 2 N–H and O–H groups in total. The van der Waals surface area contributed by atoms with E-state index < -0.39 is 5.97 Å². The first-order valence-electron chi connectivity index (χ1n) is 6.40. The van der Waals surface area contributed by atoms with Gasteiger partial charge in [-0.1, -0.05) is 19.9 Å². The lowest BCUT2D eigenvalue weighted by molar-refractivity contribution is -0.137. The average molecular weight is 261 g/mol. The Bertz CT molecular complexity index is 586. The Kier molecular flexibility index (Phi) is 3.79. The van der Waals surface area contributed by atoms with E-state index in [0.29, 0.717) is 0 Å². The lowest BCUT2D eigenvalue weighted by Crippen LogP contribution is -2.12. The molecular weight excluding hydrogens is 242 g/mol. The van der Waals surface area contributed by atoms with Crippen LogP contribution in [0.4, 0.5) is 0 Å². The normalized spacial score (nSPS) is 12.8. The van der Waals surface area contributed by atoms with Gasteiger partial charge in [-0.2, -0.15) is 0 Å². The predicted octanol–water partition coefficient (Wildman–Crippen LogP) is 3.39. The van der Waals surface area contributed by atoms with Crippen LogP contribution < -0.4 is 4.74 Å². The molecule has 0 aliphatic heterocycles. The van der Waals surface area contributed by atoms with Crippen LogP contribution in [0.1, 0.15) is 31.7 Å². The van der Waals surface area contributed by atoms with Gasteiger partial charge in [0, 0.05) is 17.1 Å². The van der Waals surface area contributed by atoms with Gasteiger partial charge in [0.1, 0.15) is 5.75 Å². The van der Waals surface area contributed by atoms with E-state index in [4.69, 9.17) is 9.84 Å². The maximum atomic E-state index is 11.1. The molecule has 1 heterocycles. The van der Waals surface area contributed by atoms with E-state index in [1.807, 2.05) is 38.2 Å². The Morgan fingerprint density at radius 1 is 1.42 bits per heavy atom. The number of fused-ring (bicyclic) bond motifs is 1. The van der Waals surface area contributed by atoms with Crippen molar-refractivity contribution in [3.8, 4) is 5.75 Å². The van der Waals surface area contributed by atoms with E-state index in [9.17, 15) is 4.79 Å². The number of hydrogen-bond donors (Lipinski definition) is 2. The van der Waals surface area contributed by atoms with E-state index in [2.05, 4.69) is 4.98 Å². The molecule has 2 rings (SSSR count). The quantitative estimate of drug-likeness (QED) is 0.867. The second-order valence-electron chi connectivity index (χ2n) is 5.08. The van der Waals surface area contributed by atoms with Crippen LogP contribution in [0.15, 0.2) is 24.4 Å². The molecule has 0 bridgehead atoms. The molecule has 0 aliphatic rings. The number of H-pyrrole nitrogens is 1. The van der Waals surface area contributed by atoms with Gasteiger partial charge in [0.2, 0.25) is 0 Å². The molecule has 0 saturated heterocycles. The number of aromatic amines is 1. The minimum absolute atomic E-state index is 0.0254. The highest BCUT2D eigenvalue weighted by atomic mass is 16.5. The molecule has 2 aromatic rings. The van der Waals surface area contributed by atoms with Crippen LogP contribution in [0, 0.1) is 5.92 Å². The largest absolute Gasteiger partial charge is 0.496 e. The molecular formula is C15H19NO3. The van der Waals surface area contributed by atoms with Crippen molar-refractivity contribution in [2.45, 2.75) is 26.2 Å². The van der Waals surface area contributed by atoms with Crippen molar-refractivity contribution in [2.75, 3.05) is 7.11 Å². The molecule has 0 fully saturated rings. The zero-order valence-corrected chi connectivity index (χ0v) is 11.4. The summed E-state index contributed by atoms with van der Waals surface area (Å²) in [6.07, 6.45) is 2.03. The number of carboxylic acid groups (broad SMARTS) is 1. The van der Waals surface area contributed by atoms with Crippen molar-refractivity contribution in [1.82, 2.24) is 4.98 Å². The van der Waals surface area contributed by atoms with Crippen molar-refractivity contribution < 1.29 is 14.6 Å². The fraction of sp³-hybridized carbons (Fsp3) is 0.400. The Labute approximate surface area is 112 Å². The SMILES string of the molecule is COc1cccc2[nH]cc(C(CC(=O)O)C(C)C)c12. The van der Waals surface area contributed by atoms with Crippen molar-refractivity contribution in [2.24, 2.45) is 5.92 Å². The van der Waals surface area contributed by atoms with Gasteiger partial charge >= 0.3 is 5.97 Å². The molecule has 102 valence electrons. The Hall–Kier alpha value is -1.97. The predicted molar refractivity (Wildman–Crippen MR) is 74.7 cm³/mol. The Morgan fingerprint density at radius 3 is 2.74 bits per heavy atom. The highest BCUT2D eigenvalue weighted by Crippen LogP contribution is 2.37. The second-order valence-corrected chi connectivity index (χ2v) is 5.08. The van der Waals surface area contributed by atoms with Gasteiger partial charge in [0.25, 0.3) is 0 Å². The summed E-state index contributed by atoms with van der Waals surface area (Å²) in [7, 11) is 1.63. The molecule has 1 aromatic carbocycles. The molecule has 0 saturated carbocycles. The number of methoxy groups -OCH3 is 1. The first-order valence-corrected chi connectivity index (χ1v) is 6.40. The van der Waals surface area contributed by atoms with E-state index in [1.54, 1.807) is 7.11 Å². The minimum Gasteiger partial charge on any atom is -0.496 e. The maximum absolute atomic E-state index is 11.1. The van der Waals surface area contributed by atoms with Crippen LogP contribution in [0.3, 0.4) is 0 Å². The van der Waals surface area contributed by atoms with Gasteiger partial charge in [-0.05, 0) is 29.5 Å². The fourth-order valence-corrected chi connectivity index (χ4v) is 2.53. The van der Waals surface area contributed by atoms with Gasteiger partial charge < -0.3 is 14.8 Å². The average Bonchev–Trinajstić information content (AvgIpc) is 2.79. The third kappa shape index (κ3) is 2.57. The summed E-state index contributed by atoms with van der Waals surface area (Å²) < 4.78 is 5.39. The van der Waals surface area contributed by atoms with Crippen molar-refractivity contribution in [3.05, 3.63) is 30.0 Å². The first kappa shape index (κ1) is 13.5. The summed E-state index contributed by atoms with van der Waals surface area (Å²) in [6.45, 7) is 4.09. The highest BCUT2D eigenvalue weighted by molar-refractivity contribution is 5.90. The smallest absolute Gasteiger partial charge is 0.303 e. The summed E-state index contributed by atoms with van der Waals surface area (Å²) >= 11 is 0. The minimum atomic E-state index is -0.775. The summed E-state index contributed by atoms with van der Waals surface area (Å²) in [4.78, 5) is 14.3. The highest BCUT2D eigenvalue weighted by Gasteiger charge is 2.23. The molecule has 0 amide bonds. The Balaban J connectivity index is 2.56. The third-order valence-corrected chi connectivity index (χ3v) is 3.52. The number of carboxylic acids is 1. The summed E-state index contributed by atoms with van der Waals surface area (Å²) in [6, 6.07) is 5.79. The monoisotopic (exact) mass is 261 g/mol. The number of hydrogen-bond acceptors (Lipinski definition) is 2. The number of benzene rings is 1. The standard InChI is InChI=1S/C15H19NO3/c1-9(2)10(7-14(17)18)11-8-16-12-5-4-6-13(19-3)15(11)12/h4-6,8-10,16H,7H2,1-3H3,(H,17,18). The van der Waals surface area contributed by atoms with E-state index in [0.717, 1.165) is 22.2 Å². The third-order valence-electron chi connectivity index (χ3n) is 3.52. The topological polar surface area (TPSA) is 62.3 Å². The van der Waals surface area contributed by atoms with Gasteiger partial charge in [-0.15, -0.1) is 0 Å². The van der Waals surface area contributed by atoms with Gasteiger partial charge in [0.05, 0.1) is 13.5 Å². The van der Waals surface area contributed by atoms with Crippen LogP contribution in [-0.4, -0.2) is 23.2 Å². The molecule has 4 heteroatoms. The zero-order chi connectivity index (χ0) is 14.0. The molecule has 1 aromatic heterocycles. The van der Waals surface area contributed by atoms with Gasteiger partial charge in [0.15, 0.2) is 0 Å². The van der Waals surface area contributed by atoms with Crippen LogP contribution >= 0.6 is 0 Å². The van der Waals surface area contributed by atoms with E-state index in [-0.39, 0.29) is 18.3 Å². The number of rotatable bonds is 5. The summed E-state index contributed by atoms with van der Waals surface area (Å²) in [5.41, 5.74) is 2.00. The summed E-state index contributed by atoms with van der Waals surface area (Å²) in [5.74, 6) is 0.232. The number of aromatic nitrogens is 1. The molecule has 0 radical (unpaired) electrons. The maximum Gasteiger partial charge on any atom is 0.303 e. The number of aliphatic carboxylic acids is 1. The molecule has 0 spiro atoms. The fourth-order valence-electron chi connectivity index (χ4n) is 2.53. The second kappa shape index (κ2) is 5.34. The van der Waals surface area contributed by atoms with Crippen LogP contribution in [0.2, 0.25) is 0 Å². The van der Waals surface area contributed by atoms with Crippen molar-refractivity contribution in [3.63, 3.8) is 0 Å². The van der Waals surface area contributed by atoms with Crippen LogP contribution in [0.25, 0.3) is 10.9 Å². The number of nitrogens with one attached hydrogen (secondary N) is 1. The molecule has 1 unspecified atom stereocenters. The lowest BCUT2D eigenvalue weighted by atomic mass is 9.85. The number of carbonyl (C=O) groups is 1. The van der Waals surface area contributed by atoms with E-state index >= 15 is 0 Å².